The molecule has 2 heteroatoms. The van der Waals surface area contributed by atoms with Crippen LogP contribution in [0.25, 0.3) is 0 Å². The molecule has 3 rings (SSSR count). The molecule has 1 aromatic rings. The lowest BCUT2D eigenvalue weighted by Crippen LogP contribution is -2.20. The molecule has 2 aliphatic rings. The van der Waals surface area contributed by atoms with Crippen molar-refractivity contribution in [2.75, 3.05) is 0 Å². The van der Waals surface area contributed by atoms with Crippen LogP contribution in [0.4, 0.5) is 0 Å². The fraction of sp³-hybridized carbons (Fsp3) is 0.500. The normalized spacial score (nSPS) is 23.7. The molecule has 14 heavy (non-hydrogen) atoms. The lowest BCUT2D eigenvalue weighted by atomic mass is 10.00. The zero-order chi connectivity index (χ0) is 9.43. The van der Waals surface area contributed by atoms with E-state index in [1.165, 1.54) is 41.9 Å². The van der Waals surface area contributed by atoms with Crippen LogP contribution in [0.5, 0.6) is 0 Å². The molecule has 0 nitrogen and oxygen atoms in total. The van der Waals surface area contributed by atoms with Crippen LogP contribution in [-0.4, -0.2) is 4.08 Å². The van der Waals surface area contributed by atoms with Gasteiger partial charge in [0.25, 0.3) is 0 Å². The van der Waals surface area contributed by atoms with Crippen LogP contribution in [0.3, 0.4) is 0 Å². The standard InChI is InChI=1S/C12H14S2/c1-4-8-12(9-5-1)13-10-6-2-3-7-11(10)14-12/h2-3,6-7H,1,4-5,8-9H2. The molecule has 0 bridgehead atoms. The molecule has 1 spiro atoms. The highest BCUT2D eigenvalue weighted by Crippen LogP contribution is 2.61. The molecule has 0 saturated heterocycles. The maximum Gasteiger partial charge on any atom is 0.0705 e. The van der Waals surface area contributed by atoms with Crippen molar-refractivity contribution in [2.24, 2.45) is 0 Å². The van der Waals surface area contributed by atoms with Gasteiger partial charge in [-0.3, -0.25) is 0 Å². The van der Waals surface area contributed by atoms with Crippen molar-refractivity contribution in [3.63, 3.8) is 0 Å². The van der Waals surface area contributed by atoms with Gasteiger partial charge in [0.2, 0.25) is 0 Å². The first-order valence-corrected chi connectivity index (χ1v) is 6.98. The molecule has 1 aliphatic heterocycles. The molecule has 1 aromatic carbocycles. The summed E-state index contributed by atoms with van der Waals surface area (Å²) in [5, 5.41) is 0. The second-order valence-corrected chi connectivity index (χ2v) is 7.23. The summed E-state index contributed by atoms with van der Waals surface area (Å²) in [7, 11) is 0. The van der Waals surface area contributed by atoms with Gasteiger partial charge in [-0.05, 0) is 25.0 Å². The van der Waals surface area contributed by atoms with Crippen LogP contribution in [0.15, 0.2) is 34.1 Å². The third kappa shape index (κ3) is 1.49. The Balaban J connectivity index is 1.89. The van der Waals surface area contributed by atoms with Crippen molar-refractivity contribution >= 4 is 23.5 Å². The van der Waals surface area contributed by atoms with Gasteiger partial charge < -0.3 is 0 Å². The average molecular weight is 222 g/mol. The number of fused-ring (bicyclic) bond motifs is 1. The number of hydrogen-bond acceptors (Lipinski definition) is 2. The van der Waals surface area contributed by atoms with Gasteiger partial charge >= 0.3 is 0 Å². The van der Waals surface area contributed by atoms with Crippen LogP contribution in [0, 0.1) is 0 Å². The number of hydrogen-bond donors (Lipinski definition) is 0. The highest BCUT2D eigenvalue weighted by Gasteiger charge is 2.39. The van der Waals surface area contributed by atoms with Crippen LogP contribution in [0.2, 0.25) is 0 Å². The Kier molecular flexibility index (Phi) is 2.29. The molecule has 0 unspecified atom stereocenters. The van der Waals surface area contributed by atoms with Gasteiger partial charge in [0, 0.05) is 9.79 Å². The van der Waals surface area contributed by atoms with Crippen LogP contribution < -0.4 is 0 Å². The van der Waals surface area contributed by atoms with E-state index in [0.717, 1.165) is 0 Å². The van der Waals surface area contributed by atoms with Crippen molar-refractivity contribution in [1.29, 1.82) is 0 Å². The minimum Gasteiger partial charge on any atom is -0.107 e. The van der Waals surface area contributed by atoms with Gasteiger partial charge in [-0.2, -0.15) is 0 Å². The first-order valence-electron chi connectivity index (χ1n) is 5.35. The molecule has 1 fully saturated rings. The molecular formula is C12H14S2. The molecule has 74 valence electrons. The molecule has 0 atom stereocenters. The maximum absolute atomic E-state index is 2.27. The Morgan fingerprint density at radius 2 is 1.43 bits per heavy atom. The summed E-state index contributed by atoms with van der Waals surface area (Å²) in [6.07, 6.45) is 7.09. The Hall–Kier alpha value is -0.0800. The Morgan fingerprint density at radius 3 is 2.00 bits per heavy atom. The third-order valence-corrected chi connectivity index (χ3v) is 6.40. The van der Waals surface area contributed by atoms with E-state index in [1.54, 1.807) is 0 Å². The van der Waals surface area contributed by atoms with Crippen molar-refractivity contribution < 1.29 is 0 Å². The lowest BCUT2D eigenvalue weighted by Gasteiger charge is -2.31. The zero-order valence-electron chi connectivity index (χ0n) is 8.16. The first-order chi connectivity index (χ1) is 6.88. The fourth-order valence-corrected chi connectivity index (χ4v) is 5.71. The molecule has 0 radical (unpaired) electrons. The predicted octanol–water partition coefficient (Wildman–Crippen LogP) is 4.54. The van der Waals surface area contributed by atoms with E-state index in [2.05, 4.69) is 47.8 Å². The summed E-state index contributed by atoms with van der Waals surface area (Å²) >= 11 is 4.24. The molecule has 0 amide bonds. The summed E-state index contributed by atoms with van der Waals surface area (Å²) in [4.78, 5) is 3.03. The maximum atomic E-state index is 2.27. The summed E-state index contributed by atoms with van der Waals surface area (Å²) in [5.41, 5.74) is 0. The number of thioether (sulfide) groups is 2. The van der Waals surface area contributed by atoms with Crippen LogP contribution in [-0.2, 0) is 0 Å². The van der Waals surface area contributed by atoms with Crippen LogP contribution in [0.1, 0.15) is 32.1 Å². The first kappa shape index (κ1) is 9.17. The summed E-state index contributed by atoms with van der Waals surface area (Å²) in [6.45, 7) is 0. The minimum atomic E-state index is 0.516. The zero-order valence-corrected chi connectivity index (χ0v) is 9.79. The van der Waals surface area contributed by atoms with Crippen molar-refractivity contribution in [1.82, 2.24) is 0 Å². The fourth-order valence-electron chi connectivity index (χ4n) is 2.33. The molecule has 1 heterocycles. The molecular weight excluding hydrogens is 208 g/mol. The highest BCUT2D eigenvalue weighted by molar-refractivity contribution is 8.20. The Bertz CT molecular complexity index is 313. The smallest absolute Gasteiger partial charge is 0.0705 e. The summed E-state index contributed by atoms with van der Waals surface area (Å²) in [6, 6.07) is 8.87. The predicted molar refractivity (Wildman–Crippen MR) is 64.0 cm³/mol. The minimum absolute atomic E-state index is 0.516. The van der Waals surface area contributed by atoms with Crippen molar-refractivity contribution in [3.05, 3.63) is 24.3 Å². The summed E-state index contributed by atoms with van der Waals surface area (Å²) < 4.78 is 0.516. The highest BCUT2D eigenvalue weighted by atomic mass is 32.2. The van der Waals surface area contributed by atoms with Crippen molar-refractivity contribution in [2.45, 2.75) is 46.0 Å². The van der Waals surface area contributed by atoms with Gasteiger partial charge in [0.05, 0.1) is 4.08 Å². The monoisotopic (exact) mass is 222 g/mol. The largest absolute Gasteiger partial charge is 0.107 e. The van der Waals surface area contributed by atoms with Gasteiger partial charge in [-0.1, -0.05) is 31.4 Å². The lowest BCUT2D eigenvalue weighted by molar-refractivity contribution is 0.492. The Morgan fingerprint density at radius 1 is 0.857 bits per heavy atom. The second kappa shape index (κ2) is 3.49. The van der Waals surface area contributed by atoms with Gasteiger partial charge in [-0.15, -0.1) is 23.5 Å². The van der Waals surface area contributed by atoms with E-state index in [9.17, 15) is 0 Å². The second-order valence-electron chi connectivity index (χ2n) is 4.12. The van der Waals surface area contributed by atoms with E-state index < -0.39 is 0 Å². The third-order valence-electron chi connectivity index (χ3n) is 3.06. The van der Waals surface area contributed by atoms with E-state index in [4.69, 9.17) is 0 Å². The van der Waals surface area contributed by atoms with E-state index in [1.807, 2.05) is 0 Å². The molecule has 1 aliphatic carbocycles. The number of rotatable bonds is 0. The number of benzene rings is 1. The molecule has 0 N–H and O–H groups in total. The van der Waals surface area contributed by atoms with Gasteiger partial charge in [0.15, 0.2) is 0 Å². The van der Waals surface area contributed by atoms with E-state index in [0.29, 0.717) is 4.08 Å². The Labute approximate surface area is 93.9 Å². The molecule has 1 saturated carbocycles. The topological polar surface area (TPSA) is 0 Å². The quantitative estimate of drug-likeness (QED) is 0.632. The van der Waals surface area contributed by atoms with E-state index in [-0.39, 0.29) is 0 Å². The van der Waals surface area contributed by atoms with Crippen LogP contribution >= 0.6 is 23.5 Å². The SMILES string of the molecule is c1ccc2c(c1)SC1(CCCCC1)S2. The van der Waals surface area contributed by atoms with Gasteiger partial charge in [-0.25, -0.2) is 0 Å². The van der Waals surface area contributed by atoms with Crippen molar-refractivity contribution in [3.8, 4) is 0 Å². The van der Waals surface area contributed by atoms with E-state index >= 15 is 0 Å². The summed E-state index contributed by atoms with van der Waals surface area (Å²) in [5.74, 6) is 0. The molecule has 0 aromatic heterocycles. The average Bonchev–Trinajstić information content (AvgIpc) is 2.56. The van der Waals surface area contributed by atoms with Gasteiger partial charge in [0.1, 0.15) is 0 Å².